The highest BCUT2D eigenvalue weighted by Gasteiger charge is 2.41. The number of hydrogen-bond donors (Lipinski definition) is 1. The minimum Gasteiger partial charge on any atom is -0.497 e. The van der Waals surface area contributed by atoms with E-state index >= 15 is 0 Å². The second-order valence-electron chi connectivity index (χ2n) is 11.2. The Labute approximate surface area is 192 Å². The van der Waals surface area contributed by atoms with E-state index < -0.39 is 0 Å². The van der Waals surface area contributed by atoms with Crippen LogP contribution >= 0.6 is 0 Å². The second-order valence-corrected chi connectivity index (χ2v) is 11.2. The van der Waals surface area contributed by atoms with Crippen molar-refractivity contribution in [2.24, 2.45) is 11.3 Å². The van der Waals surface area contributed by atoms with Gasteiger partial charge in [0.05, 0.1) is 13.7 Å². The number of allylic oxidation sites excluding steroid dienone is 1. The number of ketones is 1. The van der Waals surface area contributed by atoms with E-state index in [1.807, 2.05) is 12.1 Å². The molecule has 3 atom stereocenters. The number of nitrogens with zero attached hydrogens (tertiary/aromatic N) is 1. The molecule has 0 saturated carbocycles. The standard InChI is InChI=1S/C27H38N2O3/c1-17-10-19-6-9-23(32-5)13-24(19)25(17)26(31)28-15-18-11-20-7-8-21(12-18)29(20)16-22(30)14-27(2,3)4/h6,9,13,18,20-21H,7-8,10-12,14-16H2,1-5H3,(H,28,31)/t18?,20-,21+. The molecule has 5 heteroatoms. The zero-order valence-corrected chi connectivity index (χ0v) is 20.3. The van der Waals surface area contributed by atoms with Gasteiger partial charge in [0, 0.05) is 30.6 Å². The van der Waals surface area contributed by atoms with Gasteiger partial charge in [-0.25, -0.2) is 0 Å². The van der Waals surface area contributed by atoms with Crippen molar-refractivity contribution in [3.63, 3.8) is 0 Å². The minimum atomic E-state index is 0.0321. The zero-order valence-electron chi connectivity index (χ0n) is 20.3. The van der Waals surface area contributed by atoms with E-state index in [2.05, 4.69) is 44.0 Å². The first-order valence-electron chi connectivity index (χ1n) is 12.1. The molecule has 5 nitrogen and oxygen atoms in total. The fraction of sp³-hybridized carbons (Fsp3) is 0.630. The molecular formula is C27H38N2O3. The molecule has 2 aliphatic heterocycles. The highest BCUT2D eigenvalue weighted by atomic mass is 16.5. The van der Waals surface area contributed by atoms with Gasteiger partial charge in [-0.2, -0.15) is 0 Å². The smallest absolute Gasteiger partial charge is 0.251 e. The number of carbonyl (C=O) groups excluding carboxylic acids is 2. The molecule has 0 spiro atoms. The molecule has 0 aromatic heterocycles. The van der Waals surface area contributed by atoms with Gasteiger partial charge in [-0.3, -0.25) is 14.5 Å². The Balaban J connectivity index is 1.33. The molecule has 4 rings (SSSR count). The summed E-state index contributed by atoms with van der Waals surface area (Å²) in [6, 6.07) is 6.97. The lowest BCUT2D eigenvalue weighted by molar-refractivity contribution is -0.123. The molecule has 1 aliphatic carbocycles. The van der Waals surface area contributed by atoms with E-state index in [-0.39, 0.29) is 11.3 Å². The van der Waals surface area contributed by atoms with Gasteiger partial charge in [-0.15, -0.1) is 0 Å². The normalized spacial score (nSPS) is 25.1. The van der Waals surface area contributed by atoms with Crippen LogP contribution in [-0.2, 0) is 16.0 Å². The molecule has 32 heavy (non-hydrogen) atoms. The number of rotatable bonds is 7. The highest BCUT2D eigenvalue weighted by molar-refractivity contribution is 6.22. The summed E-state index contributed by atoms with van der Waals surface area (Å²) < 4.78 is 5.37. The van der Waals surface area contributed by atoms with E-state index in [0.29, 0.717) is 43.3 Å². The fourth-order valence-electron chi connectivity index (χ4n) is 5.98. The Morgan fingerprint density at radius 3 is 2.47 bits per heavy atom. The number of ether oxygens (including phenoxy) is 1. The lowest BCUT2D eigenvalue weighted by Crippen LogP contribution is -2.47. The third-order valence-electron chi connectivity index (χ3n) is 7.32. The molecule has 2 fully saturated rings. The second kappa shape index (κ2) is 9.01. The molecule has 1 amide bonds. The summed E-state index contributed by atoms with van der Waals surface area (Å²) in [4.78, 5) is 28.1. The molecule has 1 N–H and O–H groups in total. The third kappa shape index (κ3) is 4.93. The Kier molecular flexibility index (Phi) is 6.49. The van der Waals surface area contributed by atoms with Crippen molar-refractivity contribution >= 4 is 17.3 Å². The van der Waals surface area contributed by atoms with Crippen molar-refractivity contribution in [3.8, 4) is 5.75 Å². The first kappa shape index (κ1) is 23.0. The van der Waals surface area contributed by atoms with E-state index in [9.17, 15) is 9.59 Å². The first-order chi connectivity index (χ1) is 15.1. The van der Waals surface area contributed by atoms with Crippen LogP contribution in [0.15, 0.2) is 23.8 Å². The Morgan fingerprint density at radius 1 is 1.16 bits per heavy atom. The average Bonchev–Trinajstić information content (AvgIpc) is 3.14. The summed E-state index contributed by atoms with van der Waals surface area (Å²) in [5, 5.41) is 3.24. The van der Waals surface area contributed by atoms with Crippen molar-refractivity contribution in [2.45, 2.75) is 78.3 Å². The van der Waals surface area contributed by atoms with Crippen LogP contribution in [0, 0.1) is 11.3 Å². The molecule has 1 aromatic rings. The summed E-state index contributed by atoms with van der Waals surface area (Å²) in [5.41, 5.74) is 4.19. The van der Waals surface area contributed by atoms with Crippen LogP contribution in [0.1, 0.15) is 70.9 Å². The van der Waals surface area contributed by atoms with Crippen molar-refractivity contribution in [1.82, 2.24) is 10.2 Å². The number of amides is 1. The van der Waals surface area contributed by atoms with Crippen LogP contribution in [0.4, 0.5) is 0 Å². The third-order valence-corrected chi connectivity index (χ3v) is 7.32. The van der Waals surface area contributed by atoms with Crippen molar-refractivity contribution in [1.29, 1.82) is 0 Å². The number of fused-ring (bicyclic) bond motifs is 3. The van der Waals surface area contributed by atoms with Crippen molar-refractivity contribution in [3.05, 3.63) is 34.9 Å². The molecular weight excluding hydrogens is 400 g/mol. The number of benzene rings is 1. The summed E-state index contributed by atoms with van der Waals surface area (Å²) >= 11 is 0. The van der Waals surface area contributed by atoms with Gasteiger partial charge in [0.1, 0.15) is 11.5 Å². The number of Topliss-reactive ketones (excluding diaryl/α,β-unsaturated/α-hetero) is 1. The van der Waals surface area contributed by atoms with Gasteiger partial charge in [0.25, 0.3) is 5.91 Å². The highest BCUT2D eigenvalue weighted by Crippen LogP contribution is 2.39. The molecule has 3 aliphatic rings. The molecule has 174 valence electrons. The van der Waals surface area contributed by atoms with Gasteiger partial charge in [-0.1, -0.05) is 32.4 Å². The molecule has 2 saturated heterocycles. The molecule has 0 radical (unpaired) electrons. The van der Waals surface area contributed by atoms with E-state index in [4.69, 9.17) is 4.74 Å². The summed E-state index contributed by atoms with van der Waals surface area (Å²) in [5.74, 6) is 1.66. The summed E-state index contributed by atoms with van der Waals surface area (Å²) in [7, 11) is 1.66. The average molecular weight is 439 g/mol. The summed E-state index contributed by atoms with van der Waals surface area (Å²) in [6.07, 6.45) is 5.96. The van der Waals surface area contributed by atoms with Gasteiger partial charge in [0.15, 0.2) is 0 Å². The number of nitrogens with one attached hydrogen (secondary N) is 1. The van der Waals surface area contributed by atoms with Gasteiger partial charge >= 0.3 is 0 Å². The van der Waals surface area contributed by atoms with E-state index in [1.54, 1.807) is 7.11 Å². The topological polar surface area (TPSA) is 58.6 Å². The number of piperidine rings is 1. The molecule has 2 heterocycles. The van der Waals surface area contributed by atoms with Crippen LogP contribution in [0.5, 0.6) is 5.75 Å². The summed E-state index contributed by atoms with van der Waals surface area (Å²) in [6.45, 7) is 9.75. The maximum atomic E-state index is 13.1. The SMILES string of the molecule is COc1ccc2c(c1)C(C(=O)NCC1C[C@H]3CC[C@@H](C1)N3CC(=O)CC(C)(C)C)=C(C)C2. The quantitative estimate of drug-likeness (QED) is 0.686. The van der Waals surface area contributed by atoms with Gasteiger partial charge in [0.2, 0.25) is 0 Å². The predicted octanol–water partition coefficient (Wildman–Crippen LogP) is 4.39. The number of carbonyl (C=O) groups is 2. The zero-order chi connectivity index (χ0) is 23.0. The molecule has 1 unspecified atom stereocenters. The monoisotopic (exact) mass is 438 g/mol. The largest absolute Gasteiger partial charge is 0.497 e. The minimum absolute atomic E-state index is 0.0321. The van der Waals surface area contributed by atoms with Gasteiger partial charge in [-0.05, 0) is 73.6 Å². The number of methoxy groups -OCH3 is 1. The van der Waals surface area contributed by atoms with Crippen LogP contribution in [0.2, 0.25) is 0 Å². The van der Waals surface area contributed by atoms with Crippen LogP contribution in [0.25, 0.3) is 5.57 Å². The van der Waals surface area contributed by atoms with Crippen molar-refractivity contribution in [2.75, 3.05) is 20.2 Å². The van der Waals surface area contributed by atoms with E-state index in [1.165, 1.54) is 18.4 Å². The fourth-order valence-corrected chi connectivity index (χ4v) is 5.98. The maximum absolute atomic E-state index is 13.1. The predicted molar refractivity (Wildman–Crippen MR) is 128 cm³/mol. The van der Waals surface area contributed by atoms with Crippen LogP contribution < -0.4 is 10.1 Å². The molecule has 1 aromatic carbocycles. The molecule has 2 bridgehead atoms. The Hall–Kier alpha value is -2.14. The van der Waals surface area contributed by atoms with Crippen LogP contribution in [-0.4, -0.2) is 48.9 Å². The van der Waals surface area contributed by atoms with Crippen molar-refractivity contribution < 1.29 is 14.3 Å². The maximum Gasteiger partial charge on any atom is 0.251 e. The van der Waals surface area contributed by atoms with E-state index in [0.717, 1.165) is 41.7 Å². The Morgan fingerprint density at radius 2 is 1.84 bits per heavy atom. The van der Waals surface area contributed by atoms with Gasteiger partial charge < -0.3 is 10.1 Å². The van der Waals surface area contributed by atoms with Crippen LogP contribution in [0.3, 0.4) is 0 Å². The lowest BCUT2D eigenvalue weighted by atomic mass is 9.87. The lowest BCUT2D eigenvalue weighted by Gasteiger charge is -2.39. The number of hydrogen-bond acceptors (Lipinski definition) is 4. The Bertz CT molecular complexity index is 913. The first-order valence-corrected chi connectivity index (χ1v) is 12.1.